The number of rotatable bonds is 6. The minimum atomic E-state index is -0.418. The zero-order chi connectivity index (χ0) is 20.0. The summed E-state index contributed by atoms with van der Waals surface area (Å²) in [6, 6.07) is 11.1. The van der Waals surface area contributed by atoms with E-state index in [0.29, 0.717) is 16.9 Å². The number of methoxy groups -OCH3 is 1. The van der Waals surface area contributed by atoms with Crippen LogP contribution in [0, 0.1) is 17.1 Å². The summed E-state index contributed by atoms with van der Waals surface area (Å²) in [5, 5.41) is 9.45. The van der Waals surface area contributed by atoms with Gasteiger partial charge in [-0.25, -0.2) is 4.39 Å². The molecule has 0 aliphatic rings. The van der Waals surface area contributed by atoms with Crippen molar-refractivity contribution in [1.82, 2.24) is 4.90 Å². The Hall–Kier alpha value is -3.04. The Morgan fingerprint density at radius 3 is 2.67 bits per heavy atom. The van der Waals surface area contributed by atoms with E-state index in [1.54, 1.807) is 38.4 Å². The second-order valence-corrected chi connectivity index (χ2v) is 6.23. The van der Waals surface area contributed by atoms with Gasteiger partial charge in [0.05, 0.1) is 12.1 Å². The van der Waals surface area contributed by atoms with Gasteiger partial charge in [0.15, 0.2) is 11.5 Å². The maximum Gasteiger partial charge on any atom is 0.264 e. The Balaban J connectivity index is 2.31. The van der Waals surface area contributed by atoms with Crippen LogP contribution in [0.15, 0.2) is 42.0 Å². The van der Waals surface area contributed by atoms with Crippen LogP contribution in [0.25, 0.3) is 6.08 Å². The normalized spacial score (nSPS) is 10.9. The first-order chi connectivity index (χ1) is 12.8. The number of amides is 1. The number of carbonyl (C=O) groups is 1. The zero-order valence-electron chi connectivity index (χ0n) is 15.1. The Bertz CT molecular complexity index is 920. The highest BCUT2D eigenvalue weighted by molar-refractivity contribution is 6.32. The molecule has 0 fully saturated rings. The maximum absolute atomic E-state index is 13.3. The lowest BCUT2D eigenvalue weighted by molar-refractivity contribution is -0.124. The third-order valence-corrected chi connectivity index (χ3v) is 3.87. The molecular formula is C20H18ClFN2O3. The Labute approximate surface area is 162 Å². The number of hydrogen-bond acceptors (Lipinski definition) is 4. The van der Waals surface area contributed by atoms with Crippen LogP contribution in [0.2, 0.25) is 5.02 Å². The van der Waals surface area contributed by atoms with Crippen LogP contribution in [-0.2, 0) is 11.4 Å². The summed E-state index contributed by atoms with van der Waals surface area (Å²) in [5.74, 6) is -0.152. The van der Waals surface area contributed by atoms with E-state index in [-0.39, 0.29) is 28.8 Å². The average molecular weight is 389 g/mol. The Morgan fingerprint density at radius 2 is 2.07 bits per heavy atom. The van der Waals surface area contributed by atoms with Crippen LogP contribution < -0.4 is 9.47 Å². The monoisotopic (exact) mass is 388 g/mol. The molecule has 7 heteroatoms. The second kappa shape index (κ2) is 9.06. The van der Waals surface area contributed by atoms with E-state index < -0.39 is 5.91 Å². The molecule has 0 radical (unpaired) electrons. The van der Waals surface area contributed by atoms with Crippen molar-refractivity contribution in [3.8, 4) is 17.6 Å². The van der Waals surface area contributed by atoms with Gasteiger partial charge in [-0.05, 0) is 41.5 Å². The summed E-state index contributed by atoms with van der Waals surface area (Å²) < 4.78 is 24.3. The molecule has 0 atom stereocenters. The van der Waals surface area contributed by atoms with Gasteiger partial charge < -0.3 is 14.4 Å². The third kappa shape index (κ3) is 5.22. The van der Waals surface area contributed by atoms with Crippen molar-refractivity contribution in [2.45, 2.75) is 6.61 Å². The molecule has 0 spiro atoms. The minimum Gasteiger partial charge on any atom is -0.493 e. The number of nitrogens with zero attached hydrogens (tertiary/aromatic N) is 2. The molecule has 0 saturated carbocycles. The molecule has 0 heterocycles. The lowest BCUT2D eigenvalue weighted by atomic mass is 10.1. The highest BCUT2D eigenvalue weighted by atomic mass is 35.5. The van der Waals surface area contributed by atoms with Gasteiger partial charge in [0.25, 0.3) is 5.91 Å². The van der Waals surface area contributed by atoms with Gasteiger partial charge in [0, 0.05) is 14.1 Å². The summed E-state index contributed by atoms with van der Waals surface area (Å²) >= 11 is 6.29. The van der Waals surface area contributed by atoms with Crippen molar-refractivity contribution in [2.24, 2.45) is 0 Å². The average Bonchev–Trinajstić information content (AvgIpc) is 2.64. The highest BCUT2D eigenvalue weighted by Gasteiger charge is 2.15. The van der Waals surface area contributed by atoms with Gasteiger partial charge in [0.2, 0.25) is 0 Å². The van der Waals surface area contributed by atoms with Gasteiger partial charge in [-0.15, -0.1) is 0 Å². The number of halogens is 2. The number of hydrogen-bond donors (Lipinski definition) is 0. The van der Waals surface area contributed by atoms with E-state index in [0.717, 1.165) is 0 Å². The molecule has 27 heavy (non-hydrogen) atoms. The number of ether oxygens (including phenoxy) is 2. The van der Waals surface area contributed by atoms with Crippen molar-refractivity contribution in [3.63, 3.8) is 0 Å². The predicted octanol–water partition coefficient (Wildman–Crippen LogP) is 4.06. The van der Waals surface area contributed by atoms with Crippen LogP contribution in [0.5, 0.6) is 11.5 Å². The van der Waals surface area contributed by atoms with Crippen LogP contribution in [0.3, 0.4) is 0 Å². The Morgan fingerprint density at radius 1 is 1.33 bits per heavy atom. The van der Waals surface area contributed by atoms with Crippen LogP contribution in [-0.4, -0.2) is 32.0 Å². The molecule has 0 aromatic heterocycles. The fraction of sp³-hybridized carbons (Fsp3) is 0.200. The molecule has 1 amide bonds. The SMILES string of the molecule is COc1cc(/C=C(/C#N)C(=O)N(C)C)cc(Cl)c1OCc1cccc(F)c1. The summed E-state index contributed by atoms with van der Waals surface area (Å²) in [6.07, 6.45) is 1.42. The lowest BCUT2D eigenvalue weighted by Crippen LogP contribution is -2.22. The fourth-order valence-electron chi connectivity index (χ4n) is 2.29. The molecule has 2 aromatic carbocycles. The first-order valence-electron chi connectivity index (χ1n) is 7.94. The van der Waals surface area contributed by atoms with Gasteiger partial charge in [-0.2, -0.15) is 5.26 Å². The van der Waals surface area contributed by atoms with E-state index in [4.69, 9.17) is 21.1 Å². The zero-order valence-corrected chi connectivity index (χ0v) is 15.9. The van der Waals surface area contributed by atoms with Crippen molar-refractivity contribution in [1.29, 1.82) is 5.26 Å². The van der Waals surface area contributed by atoms with E-state index >= 15 is 0 Å². The lowest BCUT2D eigenvalue weighted by Gasteiger charge is -2.14. The summed E-state index contributed by atoms with van der Waals surface area (Å²) in [6.45, 7) is 0.103. The minimum absolute atomic E-state index is 0.0356. The molecule has 0 aliphatic heterocycles. The molecule has 2 rings (SSSR count). The molecule has 0 bridgehead atoms. The number of nitriles is 1. The third-order valence-electron chi connectivity index (χ3n) is 3.59. The Kier molecular flexibility index (Phi) is 6.80. The van der Waals surface area contributed by atoms with Gasteiger partial charge >= 0.3 is 0 Å². The van der Waals surface area contributed by atoms with Crippen molar-refractivity contribution < 1.29 is 18.7 Å². The first-order valence-corrected chi connectivity index (χ1v) is 8.31. The highest BCUT2D eigenvalue weighted by Crippen LogP contribution is 2.37. The van der Waals surface area contributed by atoms with Gasteiger partial charge in [-0.3, -0.25) is 4.79 Å². The molecule has 5 nitrogen and oxygen atoms in total. The molecule has 0 aliphatic carbocycles. The van der Waals surface area contributed by atoms with E-state index in [9.17, 15) is 14.4 Å². The number of likely N-dealkylation sites (N-methyl/N-ethyl adjacent to an activating group) is 1. The maximum atomic E-state index is 13.3. The second-order valence-electron chi connectivity index (χ2n) is 5.82. The predicted molar refractivity (Wildman–Crippen MR) is 101 cm³/mol. The molecule has 140 valence electrons. The summed E-state index contributed by atoms with van der Waals surface area (Å²) in [7, 11) is 4.57. The number of carbonyl (C=O) groups excluding carboxylic acids is 1. The van der Waals surface area contributed by atoms with Crippen LogP contribution in [0.4, 0.5) is 4.39 Å². The molecule has 0 N–H and O–H groups in total. The largest absolute Gasteiger partial charge is 0.493 e. The van der Waals surface area contributed by atoms with Gasteiger partial charge in [0.1, 0.15) is 24.1 Å². The molecular weight excluding hydrogens is 371 g/mol. The van der Waals surface area contributed by atoms with Crippen molar-refractivity contribution in [2.75, 3.05) is 21.2 Å². The first kappa shape index (κ1) is 20.3. The number of benzene rings is 2. The van der Waals surface area contributed by atoms with Crippen molar-refractivity contribution >= 4 is 23.6 Å². The standard InChI is InChI=1S/C20H18ClFN2O3/c1-24(2)20(25)15(11-23)7-14-9-17(21)19(18(10-14)26-3)27-12-13-5-4-6-16(22)8-13/h4-10H,12H2,1-3H3/b15-7-. The fourth-order valence-corrected chi connectivity index (χ4v) is 2.57. The van der Waals surface area contributed by atoms with E-state index in [1.165, 1.54) is 30.2 Å². The van der Waals surface area contributed by atoms with Crippen LogP contribution >= 0.6 is 11.6 Å². The van der Waals surface area contributed by atoms with E-state index in [2.05, 4.69) is 0 Å². The summed E-state index contributed by atoms with van der Waals surface area (Å²) in [5.41, 5.74) is 1.12. The van der Waals surface area contributed by atoms with Gasteiger partial charge in [-0.1, -0.05) is 23.7 Å². The van der Waals surface area contributed by atoms with Crippen LogP contribution in [0.1, 0.15) is 11.1 Å². The van der Waals surface area contributed by atoms with E-state index in [1.807, 2.05) is 6.07 Å². The smallest absolute Gasteiger partial charge is 0.264 e. The topological polar surface area (TPSA) is 62.6 Å². The quantitative estimate of drug-likeness (QED) is 0.553. The van der Waals surface area contributed by atoms with Crippen molar-refractivity contribution in [3.05, 3.63) is 63.9 Å². The molecule has 0 unspecified atom stereocenters. The molecule has 2 aromatic rings. The summed E-state index contributed by atoms with van der Waals surface area (Å²) in [4.78, 5) is 13.3. The molecule has 0 saturated heterocycles.